The molecule has 5 heteroatoms. The van der Waals surface area contributed by atoms with Gasteiger partial charge in [0.1, 0.15) is 5.84 Å². The number of hydrogen-bond donors (Lipinski definition) is 0. The Kier molecular flexibility index (Phi) is 3.41. The lowest BCUT2D eigenvalue weighted by Gasteiger charge is -2.30. The topological polar surface area (TPSA) is 53.0 Å². The Morgan fingerprint density at radius 1 is 1.11 bits per heavy atom. The molecule has 0 spiro atoms. The molecule has 5 nitrogen and oxygen atoms in total. The summed E-state index contributed by atoms with van der Waals surface area (Å²) in [5.74, 6) is 0.303. The minimum Gasteiger partial charge on any atom is -0.285 e. The van der Waals surface area contributed by atoms with Crippen LogP contribution < -0.4 is 0 Å². The zero-order valence-corrected chi connectivity index (χ0v) is 10.5. The van der Waals surface area contributed by atoms with E-state index in [2.05, 4.69) is 4.99 Å². The Hall–Kier alpha value is -2.17. The lowest BCUT2D eigenvalue weighted by atomic mass is 10.2. The van der Waals surface area contributed by atoms with Crippen LogP contribution in [0.25, 0.3) is 0 Å². The maximum absolute atomic E-state index is 11.7. The molecule has 0 atom stereocenters. The molecule has 0 aliphatic carbocycles. The standard InChI is InChI=1S/C13H15N3O2/c1-15-11(8-12(17)16(2)13(15)18)14-9-10-6-4-3-5-7-10/h3-7H,8-9H2,1-2H3. The summed E-state index contributed by atoms with van der Waals surface area (Å²) in [4.78, 5) is 30.2. The van der Waals surface area contributed by atoms with Crippen molar-refractivity contribution in [2.24, 2.45) is 4.99 Å². The van der Waals surface area contributed by atoms with Crippen molar-refractivity contribution in [3.63, 3.8) is 0 Å². The van der Waals surface area contributed by atoms with Crippen LogP contribution in [0.3, 0.4) is 0 Å². The summed E-state index contributed by atoms with van der Waals surface area (Å²) >= 11 is 0. The average Bonchev–Trinajstić information content (AvgIpc) is 2.40. The van der Waals surface area contributed by atoms with Crippen molar-refractivity contribution in [2.45, 2.75) is 13.0 Å². The maximum atomic E-state index is 11.7. The van der Waals surface area contributed by atoms with E-state index in [9.17, 15) is 9.59 Å². The number of carbonyl (C=O) groups is 2. The normalized spacial score (nSPS) is 18.7. The van der Waals surface area contributed by atoms with Crippen LogP contribution in [0.5, 0.6) is 0 Å². The van der Waals surface area contributed by atoms with Crippen molar-refractivity contribution in [2.75, 3.05) is 14.1 Å². The van der Waals surface area contributed by atoms with Gasteiger partial charge in [0.25, 0.3) is 0 Å². The number of rotatable bonds is 2. The minimum absolute atomic E-state index is 0.172. The third kappa shape index (κ3) is 2.40. The van der Waals surface area contributed by atoms with E-state index in [1.165, 1.54) is 11.9 Å². The van der Waals surface area contributed by atoms with Gasteiger partial charge in [0, 0.05) is 14.1 Å². The van der Waals surface area contributed by atoms with E-state index in [4.69, 9.17) is 0 Å². The summed E-state index contributed by atoms with van der Waals surface area (Å²) in [7, 11) is 3.12. The van der Waals surface area contributed by atoms with Gasteiger partial charge in [0.2, 0.25) is 5.91 Å². The van der Waals surface area contributed by atoms with Gasteiger partial charge in [-0.2, -0.15) is 0 Å². The molecule has 1 saturated heterocycles. The van der Waals surface area contributed by atoms with Crippen molar-refractivity contribution in [1.29, 1.82) is 0 Å². The van der Waals surface area contributed by atoms with Crippen LogP contribution in [0.2, 0.25) is 0 Å². The van der Waals surface area contributed by atoms with Gasteiger partial charge in [0.05, 0.1) is 13.0 Å². The molecule has 2 rings (SSSR count). The van der Waals surface area contributed by atoms with E-state index in [1.54, 1.807) is 7.05 Å². The molecule has 1 heterocycles. The van der Waals surface area contributed by atoms with Gasteiger partial charge in [-0.1, -0.05) is 30.3 Å². The SMILES string of the molecule is CN1C(=O)CC(=NCc2ccccc2)N(C)C1=O. The largest absolute Gasteiger partial charge is 0.331 e. The highest BCUT2D eigenvalue weighted by Gasteiger charge is 2.31. The first-order valence-corrected chi connectivity index (χ1v) is 5.71. The monoisotopic (exact) mass is 245 g/mol. The summed E-state index contributed by atoms with van der Waals surface area (Å²) < 4.78 is 0. The number of amides is 3. The third-order valence-corrected chi connectivity index (χ3v) is 2.93. The fraction of sp³-hybridized carbons (Fsp3) is 0.308. The number of aliphatic imine (C=N–C) groups is 1. The number of amidine groups is 1. The maximum Gasteiger partial charge on any atom is 0.331 e. The van der Waals surface area contributed by atoms with Crippen LogP contribution >= 0.6 is 0 Å². The summed E-state index contributed by atoms with van der Waals surface area (Å²) in [6.07, 6.45) is 0.172. The molecule has 0 radical (unpaired) electrons. The highest BCUT2D eigenvalue weighted by atomic mass is 16.2. The molecule has 3 amide bonds. The fourth-order valence-electron chi connectivity index (χ4n) is 1.74. The summed E-state index contributed by atoms with van der Waals surface area (Å²) in [5, 5.41) is 0. The van der Waals surface area contributed by atoms with E-state index in [1.807, 2.05) is 30.3 Å². The Labute approximate surface area is 106 Å². The van der Waals surface area contributed by atoms with Gasteiger partial charge < -0.3 is 0 Å². The molecule has 94 valence electrons. The first kappa shape index (κ1) is 12.3. The van der Waals surface area contributed by atoms with Gasteiger partial charge in [-0.15, -0.1) is 0 Å². The first-order chi connectivity index (χ1) is 8.59. The lowest BCUT2D eigenvalue weighted by molar-refractivity contribution is -0.127. The Morgan fingerprint density at radius 2 is 1.78 bits per heavy atom. The van der Waals surface area contributed by atoms with Crippen LogP contribution in [0.4, 0.5) is 4.79 Å². The number of benzene rings is 1. The molecular weight excluding hydrogens is 230 g/mol. The first-order valence-electron chi connectivity index (χ1n) is 5.71. The van der Waals surface area contributed by atoms with Crippen molar-refractivity contribution in [1.82, 2.24) is 9.80 Å². The zero-order chi connectivity index (χ0) is 13.1. The van der Waals surface area contributed by atoms with Crippen molar-refractivity contribution in [3.8, 4) is 0 Å². The minimum atomic E-state index is -0.335. The Bertz CT molecular complexity index is 496. The van der Waals surface area contributed by atoms with Crippen molar-refractivity contribution < 1.29 is 9.59 Å². The molecule has 0 aromatic heterocycles. The highest BCUT2D eigenvalue weighted by molar-refractivity contribution is 6.15. The molecule has 0 saturated carbocycles. The highest BCUT2D eigenvalue weighted by Crippen LogP contribution is 2.11. The predicted octanol–water partition coefficient (Wildman–Crippen LogP) is 1.50. The molecule has 0 bridgehead atoms. The fourth-order valence-corrected chi connectivity index (χ4v) is 1.74. The third-order valence-electron chi connectivity index (χ3n) is 2.93. The molecular formula is C13H15N3O2. The second kappa shape index (κ2) is 5.00. The van der Waals surface area contributed by atoms with Crippen LogP contribution in [-0.4, -0.2) is 41.7 Å². The number of carbonyl (C=O) groups excluding carboxylic acids is 2. The molecule has 1 aliphatic heterocycles. The van der Waals surface area contributed by atoms with Gasteiger partial charge in [-0.3, -0.25) is 19.6 Å². The predicted molar refractivity (Wildman–Crippen MR) is 68.1 cm³/mol. The number of nitrogens with zero attached hydrogens (tertiary/aromatic N) is 3. The van der Waals surface area contributed by atoms with Gasteiger partial charge in [-0.05, 0) is 5.56 Å². The van der Waals surface area contributed by atoms with E-state index in [0.717, 1.165) is 10.5 Å². The summed E-state index contributed by atoms with van der Waals surface area (Å²) in [5.41, 5.74) is 1.05. The Balaban J connectivity index is 2.13. The van der Waals surface area contributed by atoms with Crippen LogP contribution in [0, 0.1) is 0 Å². The van der Waals surface area contributed by atoms with E-state index < -0.39 is 0 Å². The van der Waals surface area contributed by atoms with Crippen LogP contribution in [-0.2, 0) is 11.3 Å². The van der Waals surface area contributed by atoms with E-state index in [-0.39, 0.29) is 18.4 Å². The molecule has 0 N–H and O–H groups in total. The van der Waals surface area contributed by atoms with Crippen molar-refractivity contribution >= 4 is 17.8 Å². The number of urea groups is 1. The Morgan fingerprint density at radius 3 is 2.44 bits per heavy atom. The lowest BCUT2D eigenvalue weighted by Crippen LogP contribution is -2.51. The van der Waals surface area contributed by atoms with Crippen molar-refractivity contribution in [3.05, 3.63) is 35.9 Å². The average molecular weight is 245 g/mol. The quantitative estimate of drug-likeness (QED) is 0.792. The van der Waals surface area contributed by atoms with E-state index in [0.29, 0.717) is 12.4 Å². The molecule has 0 unspecified atom stereocenters. The zero-order valence-electron chi connectivity index (χ0n) is 10.5. The second-order valence-electron chi connectivity index (χ2n) is 4.19. The number of hydrogen-bond acceptors (Lipinski definition) is 3. The summed E-state index contributed by atoms with van der Waals surface area (Å²) in [6.45, 7) is 0.477. The molecule has 1 aliphatic rings. The van der Waals surface area contributed by atoms with Crippen LogP contribution in [0.1, 0.15) is 12.0 Å². The molecule has 1 fully saturated rings. The van der Waals surface area contributed by atoms with Gasteiger partial charge >= 0.3 is 6.03 Å². The van der Waals surface area contributed by atoms with E-state index >= 15 is 0 Å². The molecule has 18 heavy (non-hydrogen) atoms. The molecule has 1 aromatic carbocycles. The van der Waals surface area contributed by atoms with Gasteiger partial charge in [0.15, 0.2) is 0 Å². The van der Waals surface area contributed by atoms with Crippen LogP contribution in [0.15, 0.2) is 35.3 Å². The number of imide groups is 1. The summed E-state index contributed by atoms with van der Waals surface area (Å²) in [6, 6.07) is 9.39. The smallest absolute Gasteiger partial charge is 0.285 e. The van der Waals surface area contributed by atoms with Gasteiger partial charge in [-0.25, -0.2) is 4.79 Å². The second-order valence-corrected chi connectivity index (χ2v) is 4.19. The molecule has 1 aromatic rings.